The van der Waals surface area contributed by atoms with E-state index in [-0.39, 0.29) is 11.3 Å². The summed E-state index contributed by atoms with van der Waals surface area (Å²) >= 11 is 2.19. The van der Waals surface area contributed by atoms with E-state index >= 15 is 0 Å². The molecule has 116 valence electrons. The van der Waals surface area contributed by atoms with E-state index in [1.807, 2.05) is 49.4 Å². The number of halogens is 1. The summed E-state index contributed by atoms with van der Waals surface area (Å²) in [6.07, 6.45) is 3.71. The van der Waals surface area contributed by atoms with Crippen LogP contribution in [0.3, 0.4) is 0 Å². The van der Waals surface area contributed by atoms with Gasteiger partial charge in [0.2, 0.25) is 0 Å². The van der Waals surface area contributed by atoms with Gasteiger partial charge in [-0.15, -0.1) is 0 Å². The smallest absolute Gasteiger partial charge is 0.261 e. The normalized spacial score (nSPS) is 11.4. The van der Waals surface area contributed by atoms with Crippen molar-refractivity contribution in [1.82, 2.24) is 9.55 Å². The molecule has 0 aliphatic heterocycles. The molecule has 4 nitrogen and oxygen atoms in total. The standard InChI is InChI=1S/C18H15IN2O2/c1-2-21-17(10-5-12-3-7-14(22)8-4-12)20-16-9-6-13(19)11-15(16)18(21)23/h3-11,22H,2H2,1H3. The third kappa shape index (κ3) is 3.29. The van der Waals surface area contributed by atoms with Crippen LogP contribution in [0.1, 0.15) is 18.3 Å². The SMILES string of the molecule is CCn1c(C=Cc2ccc(O)cc2)nc2ccc(I)cc2c1=O. The quantitative estimate of drug-likeness (QED) is 0.657. The first-order valence-corrected chi connectivity index (χ1v) is 8.33. The summed E-state index contributed by atoms with van der Waals surface area (Å²) in [7, 11) is 0. The Morgan fingerprint density at radius 3 is 2.61 bits per heavy atom. The molecule has 1 aromatic heterocycles. The van der Waals surface area contributed by atoms with Crippen LogP contribution in [0.25, 0.3) is 23.1 Å². The van der Waals surface area contributed by atoms with Gasteiger partial charge in [0.25, 0.3) is 5.56 Å². The summed E-state index contributed by atoms with van der Waals surface area (Å²) < 4.78 is 2.68. The Morgan fingerprint density at radius 1 is 1.17 bits per heavy atom. The first kappa shape index (κ1) is 15.7. The van der Waals surface area contributed by atoms with Gasteiger partial charge in [-0.1, -0.05) is 18.2 Å². The van der Waals surface area contributed by atoms with Gasteiger partial charge in [-0.05, 0) is 71.5 Å². The van der Waals surface area contributed by atoms with Crippen molar-refractivity contribution in [1.29, 1.82) is 0 Å². The highest BCUT2D eigenvalue weighted by Crippen LogP contribution is 2.15. The van der Waals surface area contributed by atoms with Gasteiger partial charge >= 0.3 is 0 Å². The zero-order chi connectivity index (χ0) is 16.4. The van der Waals surface area contributed by atoms with Gasteiger partial charge in [-0.3, -0.25) is 9.36 Å². The number of rotatable bonds is 3. The molecule has 0 spiro atoms. The Kier molecular flexibility index (Phi) is 4.47. The molecule has 0 aliphatic carbocycles. The first-order valence-electron chi connectivity index (χ1n) is 7.25. The van der Waals surface area contributed by atoms with E-state index in [9.17, 15) is 9.90 Å². The van der Waals surface area contributed by atoms with Crippen molar-refractivity contribution < 1.29 is 5.11 Å². The Morgan fingerprint density at radius 2 is 1.91 bits per heavy atom. The lowest BCUT2D eigenvalue weighted by Crippen LogP contribution is -2.23. The maximum absolute atomic E-state index is 12.6. The average molecular weight is 418 g/mol. The van der Waals surface area contributed by atoms with E-state index in [0.29, 0.717) is 23.3 Å². The lowest BCUT2D eigenvalue weighted by molar-refractivity contribution is 0.475. The van der Waals surface area contributed by atoms with Crippen molar-refractivity contribution in [3.63, 3.8) is 0 Å². The van der Waals surface area contributed by atoms with Crippen LogP contribution in [0.4, 0.5) is 0 Å². The van der Waals surface area contributed by atoms with Crippen molar-refractivity contribution >= 4 is 45.6 Å². The maximum Gasteiger partial charge on any atom is 0.261 e. The van der Waals surface area contributed by atoms with Gasteiger partial charge in [-0.25, -0.2) is 4.98 Å². The minimum Gasteiger partial charge on any atom is -0.508 e. The largest absolute Gasteiger partial charge is 0.508 e. The zero-order valence-corrected chi connectivity index (χ0v) is 14.7. The summed E-state index contributed by atoms with van der Waals surface area (Å²) in [4.78, 5) is 17.2. The van der Waals surface area contributed by atoms with E-state index in [0.717, 1.165) is 9.13 Å². The van der Waals surface area contributed by atoms with Crippen LogP contribution in [0.2, 0.25) is 0 Å². The highest BCUT2D eigenvalue weighted by atomic mass is 127. The fraction of sp³-hybridized carbons (Fsp3) is 0.111. The Balaban J connectivity index is 2.11. The van der Waals surface area contributed by atoms with Crippen LogP contribution in [0, 0.1) is 3.57 Å². The number of phenolic OH excluding ortho intramolecular Hbond substituents is 1. The van der Waals surface area contributed by atoms with Gasteiger partial charge in [0, 0.05) is 10.1 Å². The summed E-state index contributed by atoms with van der Waals surface area (Å²) in [5, 5.41) is 9.96. The van der Waals surface area contributed by atoms with Crippen molar-refractivity contribution in [3.8, 4) is 5.75 Å². The van der Waals surface area contributed by atoms with Crippen LogP contribution < -0.4 is 5.56 Å². The molecular weight excluding hydrogens is 403 g/mol. The molecule has 0 saturated carbocycles. The van der Waals surface area contributed by atoms with E-state index < -0.39 is 0 Å². The van der Waals surface area contributed by atoms with Crippen LogP contribution in [-0.4, -0.2) is 14.7 Å². The van der Waals surface area contributed by atoms with E-state index in [1.54, 1.807) is 16.7 Å². The summed E-state index contributed by atoms with van der Waals surface area (Å²) in [5.74, 6) is 0.852. The second-order valence-electron chi connectivity index (χ2n) is 5.11. The summed E-state index contributed by atoms with van der Waals surface area (Å²) in [6.45, 7) is 2.49. The third-order valence-corrected chi connectivity index (χ3v) is 4.25. The number of hydrogen-bond acceptors (Lipinski definition) is 3. The average Bonchev–Trinajstić information content (AvgIpc) is 2.55. The zero-order valence-electron chi connectivity index (χ0n) is 12.5. The first-order chi connectivity index (χ1) is 11.1. The fourth-order valence-electron chi connectivity index (χ4n) is 2.40. The highest BCUT2D eigenvalue weighted by Gasteiger charge is 2.08. The topological polar surface area (TPSA) is 55.1 Å². The fourth-order valence-corrected chi connectivity index (χ4v) is 2.89. The van der Waals surface area contributed by atoms with Crippen molar-refractivity contribution in [2.75, 3.05) is 0 Å². The molecule has 0 atom stereocenters. The lowest BCUT2D eigenvalue weighted by atomic mass is 10.2. The molecule has 0 fully saturated rings. The molecule has 0 bridgehead atoms. The molecule has 1 N–H and O–H groups in total. The minimum absolute atomic E-state index is 0.0265. The van der Waals surface area contributed by atoms with Crippen LogP contribution in [-0.2, 0) is 6.54 Å². The number of hydrogen-bond donors (Lipinski definition) is 1. The van der Waals surface area contributed by atoms with Crippen LogP contribution >= 0.6 is 22.6 Å². The number of fused-ring (bicyclic) bond motifs is 1. The second-order valence-corrected chi connectivity index (χ2v) is 6.35. The monoisotopic (exact) mass is 418 g/mol. The van der Waals surface area contributed by atoms with E-state index in [1.165, 1.54) is 0 Å². The molecule has 0 saturated heterocycles. The van der Waals surface area contributed by atoms with Crippen molar-refractivity contribution in [2.24, 2.45) is 0 Å². The Labute approximate surface area is 147 Å². The summed E-state index contributed by atoms with van der Waals surface area (Å²) in [6, 6.07) is 12.6. The molecule has 2 aromatic carbocycles. The molecule has 0 radical (unpaired) electrons. The number of phenols is 1. The predicted octanol–water partition coefficient (Wildman–Crippen LogP) is 3.90. The van der Waals surface area contributed by atoms with Gasteiger partial charge < -0.3 is 5.11 Å². The highest BCUT2D eigenvalue weighted by molar-refractivity contribution is 14.1. The summed E-state index contributed by atoms with van der Waals surface area (Å²) in [5.41, 5.74) is 1.61. The van der Waals surface area contributed by atoms with Gasteiger partial charge in [0.05, 0.1) is 10.9 Å². The van der Waals surface area contributed by atoms with Gasteiger partial charge in [-0.2, -0.15) is 0 Å². The molecular formula is C18H15IN2O2. The lowest BCUT2D eigenvalue weighted by Gasteiger charge is -2.09. The number of aromatic nitrogens is 2. The molecule has 3 aromatic rings. The van der Waals surface area contributed by atoms with Crippen LogP contribution in [0.15, 0.2) is 47.3 Å². The molecule has 5 heteroatoms. The van der Waals surface area contributed by atoms with Gasteiger partial charge in [0.1, 0.15) is 11.6 Å². The van der Waals surface area contributed by atoms with Crippen molar-refractivity contribution in [3.05, 3.63) is 67.8 Å². The second kappa shape index (κ2) is 6.54. The third-order valence-electron chi connectivity index (χ3n) is 3.58. The molecule has 0 unspecified atom stereocenters. The van der Waals surface area contributed by atoms with Crippen LogP contribution in [0.5, 0.6) is 5.75 Å². The number of aromatic hydroxyl groups is 1. The van der Waals surface area contributed by atoms with E-state index in [2.05, 4.69) is 27.6 Å². The van der Waals surface area contributed by atoms with Crippen molar-refractivity contribution in [2.45, 2.75) is 13.5 Å². The molecule has 3 rings (SSSR count). The van der Waals surface area contributed by atoms with Gasteiger partial charge in [0.15, 0.2) is 0 Å². The predicted molar refractivity (Wildman–Crippen MR) is 101 cm³/mol. The number of nitrogens with zero attached hydrogens (tertiary/aromatic N) is 2. The molecule has 1 heterocycles. The Bertz CT molecular complexity index is 944. The Hall–Kier alpha value is -2.15. The molecule has 23 heavy (non-hydrogen) atoms. The molecule has 0 aliphatic rings. The maximum atomic E-state index is 12.6. The number of benzene rings is 2. The minimum atomic E-state index is -0.0265. The molecule has 0 amide bonds. The van der Waals surface area contributed by atoms with E-state index in [4.69, 9.17) is 0 Å².